The maximum Gasteiger partial charge on any atom is 0.0395 e. The van der Waals surface area contributed by atoms with E-state index in [1.807, 2.05) is 18.2 Å². The first-order valence-electron chi connectivity index (χ1n) is 4.38. The van der Waals surface area contributed by atoms with Crippen molar-refractivity contribution in [2.24, 2.45) is 0 Å². The minimum Gasteiger partial charge on any atom is -0.123 e. The highest BCUT2D eigenvalue weighted by atomic mass is 32.2. The van der Waals surface area contributed by atoms with E-state index in [2.05, 4.69) is 42.9 Å². The standard InChI is InChI=1S/C12H14S2/c1-13-12(14-2)10-6-9-11-7-4-3-5-8-11/h3-10H,1-2H3/b9-6+. The third-order valence-corrected chi connectivity index (χ3v) is 3.80. The minimum atomic E-state index is 1.24. The Bertz CT molecular complexity index is 306. The molecule has 0 fully saturated rings. The average molecular weight is 222 g/mol. The number of thioether (sulfide) groups is 2. The molecule has 0 saturated heterocycles. The van der Waals surface area contributed by atoms with Crippen molar-refractivity contribution in [1.29, 1.82) is 0 Å². The average Bonchev–Trinajstić information content (AvgIpc) is 2.26. The number of hydrogen-bond acceptors (Lipinski definition) is 2. The van der Waals surface area contributed by atoms with E-state index in [0.717, 1.165) is 0 Å². The first-order valence-corrected chi connectivity index (χ1v) is 6.83. The number of allylic oxidation sites excluding steroid dienone is 2. The van der Waals surface area contributed by atoms with Gasteiger partial charge < -0.3 is 0 Å². The second-order valence-electron chi connectivity index (χ2n) is 2.66. The molecule has 2 heteroatoms. The molecule has 0 nitrogen and oxygen atoms in total. The first kappa shape index (κ1) is 11.5. The fourth-order valence-corrected chi connectivity index (χ4v) is 2.12. The van der Waals surface area contributed by atoms with Crippen molar-refractivity contribution in [3.05, 3.63) is 52.3 Å². The van der Waals surface area contributed by atoms with Gasteiger partial charge in [-0.3, -0.25) is 0 Å². The van der Waals surface area contributed by atoms with Crippen LogP contribution in [0.1, 0.15) is 5.56 Å². The van der Waals surface area contributed by atoms with Gasteiger partial charge in [-0.15, -0.1) is 23.5 Å². The molecule has 0 atom stereocenters. The van der Waals surface area contributed by atoms with Crippen molar-refractivity contribution in [2.75, 3.05) is 12.5 Å². The van der Waals surface area contributed by atoms with E-state index in [-0.39, 0.29) is 0 Å². The van der Waals surface area contributed by atoms with Gasteiger partial charge in [0.25, 0.3) is 0 Å². The molecule has 0 heterocycles. The van der Waals surface area contributed by atoms with Crippen LogP contribution in [0.15, 0.2) is 46.7 Å². The zero-order chi connectivity index (χ0) is 10.2. The fraction of sp³-hybridized carbons (Fsp3) is 0.167. The van der Waals surface area contributed by atoms with Crippen molar-refractivity contribution >= 4 is 29.6 Å². The Kier molecular flexibility index (Phi) is 5.57. The zero-order valence-corrected chi connectivity index (χ0v) is 10.1. The SMILES string of the molecule is CSC(=C/C=C/c1ccccc1)SC. The van der Waals surface area contributed by atoms with E-state index >= 15 is 0 Å². The number of benzene rings is 1. The molecule has 0 aliphatic rings. The molecule has 0 aliphatic carbocycles. The molecule has 0 amide bonds. The molecule has 1 aromatic rings. The Hall–Kier alpha value is -0.600. The monoisotopic (exact) mass is 222 g/mol. The Morgan fingerprint density at radius 3 is 2.29 bits per heavy atom. The predicted octanol–water partition coefficient (Wildman–Crippen LogP) is 4.27. The third kappa shape index (κ3) is 4.07. The van der Waals surface area contributed by atoms with Gasteiger partial charge in [-0.05, 0) is 24.2 Å². The number of rotatable bonds is 4. The molecule has 1 aromatic carbocycles. The van der Waals surface area contributed by atoms with Crippen LogP contribution in [0, 0.1) is 0 Å². The van der Waals surface area contributed by atoms with Crippen LogP contribution >= 0.6 is 23.5 Å². The Balaban J connectivity index is 2.61. The summed E-state index contributed by atoms with van der Waals surface area (Å²) in [5.74, 6) is 0. The quantitative estimate of drug-likeness (QED) is 0.698. The topological polar surface area (TPSA) is 0 Å². The van der Waals surface area contributed by atoms with Gasteiger partial charge in [0.05, 0.1) is 0 Å². The van der Waals surface area contributed by atoms with E-state index in [4.69, 9.17) is 0 Å². The summed E-state index contributed by atoms with van der Waals surface area (Å²) in [6, 6.07) is 10.3. The molecule has 0 N–H and O–H groups in total. The second kappa shape index (κ2) is 6.80. The summed E-state index contributed by atoms with van der Waals surface area (Å²) in [6.45, 7) is 0. The molecule has 0 unspecified atom stereocenters. The summed E-state index contributed by atoms with van der Waals surface area (Å²) in [5, 5.41) is 0. The van der Waals surface area contributed by atoms with Crippen molar-refractivity contribution < 1.29 is 0 Å². The molecule has 0 saturated carbocycles. The summed E-state index contributed by atoms with van der Waals surface area (Å²) in [6.07, 6.45) is 10.5. The highest BCUT2D eigenvalue weighted by molar-refractivity contribution is 8.21. The van der Waals surface area contributed by atoms with Crippen molar-refractivity contribution in [1.82, 2.24) is 0 Å². The second-order valence-corrected chi connectivity index (χ2v) is 4.62. The van der Waals surface area contributed by atoms with E-state index in [1.54, 1.807) is 23.5 Å². The molecular weight excluding hydrogens is 208 g/mol. The molecule has 0 radical (unpaired) electrons. The summed E-state index contributed by atoms with van der Waals surface area (Å²) >= 11 is 3.56. The lowest BCUT2D eigenvalue weighted by Gasteiger charge is -1.94. The molecule has 74 valence electrons. The fourth-order valence-electron chi connectivity index (χ4n) is 1.02. The normalized spacial score (nSPS) is 10.4. The van der Waals surface area contributed by atoms with Crippen molar-refractivity contribution in [2.45, 2.75) is 0 Å². The predicted molar refractivity (Wildman–Crippen MR) is 70.6 cm³/mol. The van der Waals surface area contributed by atoms with E-state index < -0.39 is 0 Å². The molecule has 0 aromatic heterocycles. The van der Waals surface area contributed by atoms with E-state index in [0.29, 0.717) is 0 Å². The van der Waals surface area contributed by atoms with Crippen LogP contribution in [0.4, 0.5) is 0 Å². The van der Waals surface area contributed by atoms with E-state index in [1.165, 1.54) is 9.80 Å². The molecule has 0 spiro atoms. The van der Waals surface area contributed by atoms with Crippen LogP contribution in [0.25, 0.3) is 6.08 Å². The van der Waals surface area contributed by atoms with Crippen LogP contribution in [0.5, 0.6) is 0 Å². The minimum absolute atomic E-state index is 1.24. The van der Waals surface area contributed by atoms with Gasteiger partial charge in [-0.1, -0.05) is 42.5 Å². The van der Waals surface area contributed by atoms with Gasteiger partial charge in [-0.25, -0.2) is 0 Å². The van der Waals surface area contributed by atoms with Crippen LogP contribution in [0.3, 0.4) is 0 Å². The highest BCUT2D eigenvalue weighted by Crippen LogP contribution is 2.23. The van der Waals surface area contributed by atoms with Gasteiger partial charge in [0.2, 0.25) is 0 Å². The van der Waals surface area contributed by atoms with Crippen LogP contribution in [0.2, 0.25) is 0 Å². The lowest BCUT2D eigenvalue weighted by Crippen LogP contribution is -1.68. The maximum absolute atomic E-state index is 2.14. The lowest BCUT2D eigenvalue weighted by molar-refractivity contribution is 1.66. The summed E-state index contributed by atoms with van der Waals surface area (Å²) in [7, 11) is 0. The molecule has 14 heavy (non-hydrogen) atoms. The van der Waals surface area contributed by atoms with Gasteiger partial charge in [0.1, 0.15) is 0 Å². The van der Waals surface area contributed by atoms with Gasteiger partial charge in [0.15, 0.2) is 0 Å². The summed E-state index contributed by atoms with van der Waals surface area (Å²) < 4.78 is 1.33. The number of hydrogen-bond donors (Lipinski definition) is 0. The Labute approximate surface area is 94.5 Å². The molecular formula is C12H14S2. The molecule has 0 bridgehead atoms. The summed E-state index contributed by atoms with van der Waals surface area (Å²) in [5.41, 5.74) is 1.24. The van der Waals surface area contributed by atoms with Crippen molar-refractivity contribution in [3.8, 4) is 0 Å². The highest BCUT2D eigenvalue weighted by Gasteiger charge is 1.87. The summed E-state index contributed by atoms with van der Waals surface area (Å²) in [4.78, 5) is 0. The largest absolute Gasteiger partial charge is 0.123 e. The zero-order valence-electron chi connectivity index (χ0n) is 8.44. The Morgan fingerprint density at radius 2 is 1.71 bits per heavy atom. The lowest BCUT2D eigenvalue weighted by atomic mass is 10.2. The first-order chi connectivity index (χ1) is 6.86. The van der Waals surface area contributed by atoms with Crippen LogP contribution in [-0.2, 0) is 0 Å². The van der Waals surface area contributed by atoms with Crippen molar-refractivity contribution in [3.63, 3.8) is 0 Å². The third-order valence-electron chi connectivity index (χ3n) is 1.72. The van der Waals surface area contributed by atoms with Crippen LogP contribution < -0.4 is 0 Å². The Morgan fingerprint density at radius 1 is 1.07 bits per heavy atom. The van der Waals surface area contributed by atoms with Gasteiger partial charge in [-0.2, -0.15) is 0 Å². The van der Waals surface area contributed by atoms with Gasteiger partial charge >= 0.3 is 0 Å². The van der Waals surface area contributed by atoms with E-state index in [9.17, 15) is 0 Å². The van der Waals surface area contributed by atoms with Crippen LogP contribution in [-0.4, -0.2) is 12.5 Å². The van der Waals surface area contributed by atoms with Gasteiger partial charge in [0, 0.05) is 4.24 Å². The smallest absolute Gasteiger partial charge is 0.0395 e. The molecule has 0 aliphatic heterocycles. The molecule has 1 rings (SSSR count). The maximum atomic E-state index is 2.14.